The van der Waals surface area contributed by atoms with Gasteiger partial charge in [-0.05, 0) is 17.4 Å². The SMILES string of the molecule is CCSc1cncc(C(S)CC#N)c1. The number of thiol groups is 1. The second kappa shape index (κ2) is 5.94. The molecule has 0 aliphatic rings. The maximum Gasteiger partial charge on any atom is 0.0636 e. The van der Waals surface area contributed by atoms with Crippen molar-refractivity contribution in [3.63, 3.8) is 0 Å². The minimum Gasteiger partial charge on any atom is -0.263 e. The molecule has 1 atom stereocenters. The van der Waals surface area contributed by atoms with Crippen LogP contribution in [-0.2, 0) is 0 Å². The molecule has 0 aliphatic carbocycles. The Morgan fingerprint density at radius 1 is 1.64 bits per heavy atom. The molecule has 0 radical (unpaired) electrons. The zero-order chi connectivity index (χ0) is 10.4. The normalized spacial score (nSPS) is 12.1. The molecule has 74 valence electrons. The Bertz CT molecular complexity index is 333. The standard InChI is InChI=1S/C10H12N2S2/c1-2-14-9-5-8(6-12-7-9)10(13)3-4-11/h5-7,10,13H,2-3H2,1H3. The first-order valence-electron chi connectivity index (χ1n) is 4.40. The molecule has 0 bridgehead atoms. The lowest BCUT2D eigenvalue weighted by atomic mass is 10.1. The van der Waals surface area contributed by atoms with Gasteiger partial charge in [0, 0.05) is 22.5 Å². The number of nitriles is 1. The summed E-state index contributed by atoms with van der Waals surface area (Å²) >= 11 is 6.09. The van der Waals surface area contributed by atoms with Crippen molar-refractivity contribution in [1.82, 2.24) is 4.98 Å². The van der Waals surface area contributed by atoms with E-state index >= 15 is 0 Å². The Balaban J connectivity index is 2.78. The summed E-state index contributed by atoms with van der Waals surface area (Å²) in [7, 11) is 0. The van der Waals surface area contributed by atoms with Crippen LogP contribution in [0.5, 0.6) is 0 Å². The largest absolute Gasteiger partial charge is 0.263 e. The van der Waals surface area contributed by atoms with Gasteiger partial charge in [0.2, 0.25) is 0 Å². The highest BCUT2D eigenvalue weighted by atomic mass is 32.2. The fourth-order valence-electron chi connectivity index (χ4n) is 1.07. The molecule has 14 heavy (non-hydrogen) atoms. The van der Waals surface area contributed by atoms with Crippen molar-refractivity contribution in [1.29, 1.82) is 5.26 Å². The Morgan fingerprint density at radius 2 is 2.43 bits per heavy atom. The van der Waals surface area contributed by atoms with Crippen molar-refractivity contribution in [3.8, 4) is 6.07 Å². The highest BCUT2D eigenvalue weighted by Crippen LogP contribution is 2.26. The molecule has 0 aromatic carbocycles. The van der Waals surface area contributed by atoms with Crippen LogP contribution in [0.4, 0.5) is 0 Å². The van der Waals surface area contributed by atoms with Gasteiger partial charge in [-0.25, -0.2) is 0 Å². The molecule has 0 amide bonds. The number of aromatic nitrogens is 1. The molecule has 1 heterocycles. The zero-order valence-corrected chi connectivity index (χ0v) is 9.68. The maximum atomic E-state index is 8.55. The number of pyridine rings is 1. The highest BCUT2D eigenvalue weighted by Gasteiger charge is 2.06. The van der Waals surface area contributed by atoms with E-state index in [0.29, 0.717) is 6.42 Å². The van der Waals surface area contributed by atoms with Crippen molar-refractivity contribution in [2.45, 2.75) is 23.5 Å². The van der Waals surface area contributed by atoms with Crippen molar-refractivity contribution in [2.75, 3.05) is 5.75 Å². The van der Waals surface area contributed by atoms with E-state index in [2.05, 4.69) is 36.7 Å². The zero-order valence-electron chi connectivity index (χ0n) is 7.97. The van der Waals surface area contributed by atoms with Gasteiger partial charge in [0.15, 0.2) is 0 Å². The summed E-state index contributed by atoms with van der Waals surface area (Å²) in [5, 5.41) is 8.52. The van der Waals surface area contributed by atoms with E-state index in [0.717, 1.165) is 16.2 Å². The van der Waals surface area contributed by atoms with Gasteiger partial charge >= 0.3 is 0 Å². The van der Waals surface area contributed by atoms with Crippen LogP contribution in [0.15, 0.2) is 23.4 Å². The van der Waals surface area contributed by atoms with E-state index in [1.54, 1.807) is 18.0 Å². The van der Waals surface area contributed by atoms with Crippen LogP contribution in [-0.4, -0.2) is 10.7 Å². The smallest absolute Gasteiger partial charge is 0.0636 e. The summed E-state index contributed by atoms with van der Waals surface area (Å²) in [5.41, 5.74) is 1.02. The third kappa shape index (κ3) is 3.24. The molecule has 0 N–H and O–H groups in total. The quantitative estimate of drug-likeness (QED) is 0.631. The Hall–Kier alpha value is -0.660. The fourth-order valence-corrected chi connectivity index (χ4v) is 1.98. The lowest BCUT2D eigenvalue weighted by molar-refractivity contribution is 0.964. The van der Waals surface area contributed by atoms with Gasteiger partial charge in [0.05, 0.1) is 12.5 Å². The first-order valence-corrected chi connectivity index (χ1v) is 5.91. The molecule has 1 rings (SSSR count). The first kappa shape index (κ1) is 11.4. The van der Waals surface area contributed by atoms with E-state index in [1.165, 1.54) is 0 Å². The van der Waals surface area contributed by atoms with E-state index in [9.17, 15) is 0 Å². The van der Waals surface area contributed by atoms with Gasteiger partial charge in [-0.2, -0.15) is 17.9 Å². The first-order chi connectivity index (χ1) is 6.77. The predicted octanol–water partition coefficient (Wildman–Crippen LogP) is 3.08. The van der Waals surface area contributed by atoms with E-state index < -0.39 is 0 Å². The molecule has 4 heteroatoms. The van der Waals surface area contributed by atoms with E-state index in [-0.39, 0.29) is 5.25 Å². The van der Waals surface area contributed by atoms with Crippen LogP contribution in [0, 0.1) is 11.3 Å². The van der Waals surface area contributed by atoms with Gasteiger partial charge in [0.1, 0.15) is 0 Å². The number of rotatable bonds is 4. The lowest BCUT2D eigenvalue weighted by Crippen LogP contribution is -1.91. The fraction of sp³-hybridized carbons (Fsp3) is 0.400. The minimum atomic E-state index is -0.0232. The Kier molecular flexibility index (Phi) is 4.85. The molecule has 2 nitrogen and oxygen atoms in total. The van der Waals surface area contributed by atoms with Gasteiger partial charge in [-0.1, -0.05) is 6.92 Å². The molecule has 0 saturated heterocycles. The molecule has 0 fully saturated rings. The summed E-state index contributed by atoms with van der Waals surface area (Å²) in [6, 6.07) is 4.16. The average Bonchev–Trinajstić information content (AvgIpc) is 2.19. The van der Waals surface area contributed by atoms with Crippen LogP contribution in [0.2, 0.25) is 0 Å². The third-order valence-corrected chi connectivity index (χ3v) is 3.04. The van der Waals surface area contributed by atoms with E-state index in [4.69, 9.17) is 5.26 Å². The third-order valence-electron chi connectivity index (χ3n) is 1.71. The average molecular weight is 224 g/mol. The van der Waals surface area contributed by atoms with Gasteiger partial charge in [0.25, 0.3) is 0 Å². The Morgan fingerprint density at radius 3 is 3.07 bits per heavy atom. The van der Waals surface area contributed by atoms with Gasteiger partial charge < -0.3 is 0 Å². The number of hydrogen-bond donors (Lipinski definition) is 1. The molecule has 1 aromatic heterocycles. The summed E-state index contributed by atoms with van der Waals surface area (Å²) < 4.78 is 0. The van der Waals surface area contributed by atoms with Crippen molar-refractivity contribution >= 4 is 24.4 Å². The number of hydrogen-bond acceptors (Lipinski definition) is 4. The van der Waals surface area contributed by atoms with Crippen LogP contribution in [0.1, 0.15) is 24.2 Å². The molecule has 0 spiro atoms. The summed E-state index contributed by atoms with van der Waals surface area (Å²) in [6.07, 6.45) is 4.03. The molecule has 1 unspecified atom stereocenters. The molecule has 1 aromatic rings. The van der Waals surface area contributed by atoms with E-state index in [1.807, 2.05) is 6.20 Å². The second-order valence-corrected chi connectivity index (χ2v) is 4.73. The number of thioether (sulfide) groups is 1. The van der Waals surface area contributed by atoms with Crippen molar-refractivity contribution in [2.24, 2.45) is 0 Å². The lowest BCUT2D eigenvalue weighted by Gasteiger charge is -2.07. The van der Waals surface area contributed by atoms with Crippen LogP contribution in [0.3, 0.4) is 0 Å². The molecular weight excluding hydrogens is 212 g/mol. The molecular formula is C10H12N2S2. The second-order valence-electron chi connectivity index (χ2n) is 2.77. The van der Waals surface area contributed by atoms with Gasteiger partial charge in [-0.3, -0.25) is 4.98 Å². The summed E-state index contributed by atoms with van der Waals surface area (Å²) in [6.45, 7) is 2.10. The van der Waals surface area contributed by atoms with Crippen LogP contribution >= 0.6 is 24.4 Å². The minimum absolute atomic E-state index is 0.0232. The van der Waals surface area contributed by atoms with Crippen molar-refractivity contribution in [3.05, 3.63) is 24.0 Å². The summed E-state index contributed by atoms with van der Waals surface area (Å²) in [5.74, 6) is 1.03. The van der Waals surface area contributed by atoms with Gasteiger partial charge in [-0.15, -0.1) is 11.8 Å². The highest BCUT2D eigenvalue weighted by molar-refractivity contribution is 7.99. The van der Waals surface area contributed by atoms with Crippen molar-refractivity contribution < 1.29 is 0 Å². The van der Waals surface area contributed by atoms with Crippen LogP contribution < -0.4 is 0 Å². The Labute approximate surface area is 94.1 Å². The molecule has 0 aliphatic heterocycles. The predicted molar refractivity (Wildman–Crippen MR) is 62.6 cm³/mol. The number of nitrogens with zero attached hydrogens (tertiary/aromatic N) is 2. The summed E-state index contributed by atoms with van der Waals surface area (Å²) in [4.78, 5) is 5.27. The molecule has 0 saturated carbocycles. The monoisotopic (exact) mass is 224 g/mol. The maximum absolute atomic E-state index is 8.55. The van der Waals surface area contributed by atoms with Crippen LogP contribution in [0.25, 0.3) is 0 Å². The topological polar surface area (TPSA) is 36.7 Å².